The van der Waals surface area contributed by atoms with Gasteiger partial charge in [-0.1, -0.05) is 35.9 Å². The fourth-order valence-electron chi connectivity index (χ4n) is 3.08. The highest BCUT2D eigenvalue weighted by Crippen LogP contribution is 2.38. The number of aryl methyl sites for hydroxylation is 1. The van der Waals surface area contributed by atoms with Gasteiger partial charge in [-0.3, -0.25) is 14.9 Å². The Bertz CT molecular complexity index is 843. The number of carbonyl (C=O) groups is 1. The summed E-state index contributed by atoms with van der Waals surface area (Å²) in [5.41, 5.74) is 1.99. The van der Waals surface area contributed by atoms with Gasteiger partial charge < -0.3 is 4.90 Å². The van der Waals surface area contributed by atoms with Gasteiger partial charge >= 0.3 is 0 Å². The molecule has 1 unspecified atom stereocenters. The van der Waals surface area contributed by atoms with Gasteiger partial charge in [0, 0.05) is 46.3 Å². The van der Waals surface area contributed by atoms with Crippen LogP contribution in [0.5, 0.6) is 0 Å². The van der Waals surface area contributed by atoms with E-state index in [1.807, 2.05) is 24.3 Å². The molecule has 2 aromatic rings. The third kappa shape index (κ3) is 4.02. The van der Waals surface area contributed by atoms with Gasteiger partial charge in [-0.15, -0.1) is 0 Å². The first-order valence-corrected chi connectivity index (χ1v) is 9.80. The van der Waals surface area contributed by atoms with Gasteiger partial charge in [0.2, 0.25) is 0 Å². The number of thioether (sulfide) groups is 1. The van der Waals surface area contributed by atoms with Crippen LogP contribution in [-0.2, 0) is 0 Å². The van der Waals surface area contributed by atoms with E-state index in [1.54, 1.807) is 35.7 Å². The van der Waals surface area contributed by atoms with Crippen molar-refractivity contribution >= 4 is 35.0 Å². The lowest BCUT2D eigenvalue weighted by molar-refractivity contribution is -0.385. The largest absolute Gasteiger partial charge is 0.338 e. The van der Waals surface area contributed by atoms with Crippen molar-refractivity contribution in [1.29, 1.82) is 0 Å². The zero-order valence-corrected chi connectivity index (χ0v) is 15.9. The molecule has 7 heteroatoms. The Balaban J connectivity index is 1.75. The quantitative estimate of drug-likeness (QED) is 0.553. The van der Waals surface area contributed by atoms with E-state index >= 15 is 0 Å². The van der Waals surface area contributed by atoms with Crippen LogP contribution in [0.3, 0.4) is 0 Å². The second kappa shape index (κ2) is 8.10. The summed E-state index contributed by atoms with van der Waals surface area (Å²) in [7, 11) is 0. The Hall–Kier alpha value is -2.05. The van der Waals surface area contributed by atoms with Crippen molar-refractivity contribution < 1.29 is 9.72 Å². The van der Waals surface area contributed by atoms with Gasteiger partial charge in [-0.2, -0.15) is 11.8 Å². The predicted octanol–water partition coefficient (Wildman–Crippen LogP) is 4.88. The standard InChI is InChI=1S/C19H19ClN2O3S/c1-13-6-7-14(12-17(13)22(24)25)19(23)21-9-8-18(26-11-10-21)15-4-2-3-5-16(15)20/h2-7,12,18H,8-11H2,1H3. The minimum absolute atomic E-state index is 0.0195. The van der Waals surface area contributed by atoms with Crippen LogP contribution in [0, 0.1) is 17.0 Å². The van der Waals surface area contributed by atoms with Crippen molar-refractivity contribution in [1.82, 2.24) is 4.90 Å². The summed E-state index contributed by atoms with van der Waals surface area (Å²) >= 11 is 8.10. The summed E-state index contributed by atoms with van der Waals surface area (Å²) in [5.74, 6) is 0.642. The Kier molecular flexibility index (Phi) is 5.84. The molecule has 0 spiro atoms. The summed E-state index contributed by atoms with van der Waals surface area (Å²) in [6.07, 6.45) is 0.800. The molecule has 1 aliphatic heterocycles. The van der Waals surface area contributed by atoms with Gasteiger partial charge in [-0.25, -0.2) is 0 Å². The van der Waals surface area contributed by atoms with E-state index in [4.69, 9.17) is 11.6 Å². The smallest absolute Gasteiger partial charge is 0.273 e. The Morgan fingerprint density at radius 1 is 1.27 bits per heavy atom. The topological polar surface area (TPSA) is 63.5 Å². The zero-order valence-electron chi connectivity index (χ0n) is 14.4. The number of hydrogen-bond donors (Lipinski definition) is 0. The Morgan fingerprint density at radius 3 is 2.77 bits per heavy atom. The lowest BCUT2D eigenvalue weighted by Crippen LogP contribution is -2.33. The molecule has 5 nitrogen and oxygen atoms in total. The van der Waals surface area contributed by atoms with Gasteiger partial charge in [0.1, 0.15) is 0 Å². The summed E-state index contributed by atoms with van der Waals surface area (Å²) in [6, 6.07) is 12.5. The van der Waals surface area contributed by atoms with E-state index in [1.165, 1.54) is 6.07 Å². The van der Waals surface area contributed by atoms with Gasteiger partial charge in [0.15, 0.2) is 0 Å². The molecular weight excluding hydrogens is 372 g/mol. The van der Waals surface area contributed by atoms with Crippen LogP contribution in [0.25, 0.3) is 0 Å². The molecule has 26 heavy (non-hydrogen) atoms. The van der Waals surface area contributed by atoms with Crippen LogP contribution in [-0.4, -0.2) is 34.6 Å². The minimum Gasteiger partial charge on any atom is -0.338 e. The molecule has 0 radical (unpaired) electrons. The van der Waals surface area contributed by atoms with Crippen molar-refractivity contribution in [2.75, 3.05) is 18.8 Å². The van der Waals surface area contributed by atoms with Crippen LogP contribution < -0.4 is 0 Å². The molecule has 3 rings (SSSR count). The fraction of sp³-hybridized carbons (Fsp3) is 0.316. The number of halogens is 1. The molecular formula is C19H19ClN2O3S. The lowest BCUT2D eigenvalue weighted by atomic mass is 10.1. The van der Waals surface area contributed by atoms with E-state index in [2.05, 4.69) is 0 Å². The van der Waals surface area contributed by atoms with Crippen LogP contribution >= 0.6 is 23.4 Å². The zero-order chi connectivity index (χ0) is 18.7. The number of nitro groups is 1. The van der Waals surface area contributed by atoms with Crippen molar-refractivity contribution in [3.63, 3.8) is 0 Å². The second-order valence-electron chi connectivity index (χ2n) is 6.22. The highest BCUT2D eigenvalue weighted by molar-refractivity contribution is 7.99. The molecule has 1 saturated heterocycles. The first-order chi connectivity index (χ1) is 12.5. The van der Waals surface area contributed by atoms with Gasteiger partial charge in [-0.05, 0) is 31.0 Å². The summed E-state index contributed by atoms with van der Waals surface area (Å²) in [5, 5.41) is 12.1. The number of rotatable bonds is 3. The first-order valence-electron chi connectivity index (χ1n) is 8.37. The third-order valence-corrected chi connectivity index (χ3v) is 6.19. The average molecular weight is 391 g/mol. The lowest BCUT2D eigenvalue weighted by Gasteiger charge is -2.20. The highest BCUT2D eigenvalue weighted by Gasteiger charge is 2.25. The molecule has 1 heterocycles. The summed E-state index contributed by atoms with van der Waals surface area (Å²) in [6.45, 7) is 2.89. The molecule has 1 aliphatic rings. The normalized spacial score (nSPS) is 17.6. The molecule has 2 aromatic carbocycles. The van der Waals surface area contributed by atoms with E-state index in [0.29, 0.717) is 24.2 Å². The number of benzene rings is 2. The number of hydrogen-bond acceptors (Lipinski definition) is 4. The molecule has 0 bridgehead atoms. The molecule has 1 amide bonds. The first kappa shape index (κ1) is 18.7. The third-order valence-electron chi connectivity index (χ3n) is 4.53. The predicted molar refractivity (Wildman–Crippen MR) is 105 cm³/mol. The van der Waals surface area contributed by atoms with E-state index in [-0.39, 0.29) is 16.8 Å². The van der Waals surface area contributed by atoms with E-state index in [9.17, 15) is 14.9 Å². The molecule has 0 aromatic heterocycles. The van der Waals surface area contributed by atoms with Crippen LogP contribution in [0.4, 0.5) is 5.69 Å². The molecule has 0 N–H and O–H groups in total. The van der Waals surface area contributed by atoms with Crippen LogP contribution in [0.2, 0.25) is 5.02 Å². The monoisotopic (exact) mass is 390 g/mol. The maximum atomic E-state index is 12.8. The van der Waals surface area contributed by atoms with Crippen molar-refractivity contribution in [3.8, 4) is 0 Å². The summed E-state index contributed by atoms with van der Waals surface area (Å²) < 4.78 is 0. The van der Waals surface area contributed by atoms with Crippen molar-refractivity contribution in [3.05, 3.63) is 74.3 Å². The fourth-order valence-corrected chi connectivity index (χ4v) is 4.68. The highest BCUT2D eigenvalue weighted by atomic mass is 35.5. The van der Waals surface area contributed by atoms with Crippen molar-refractivity contribution in [2.45, 2.75) is 18.6 Å². The molecule has 0 saturated carbocycles. The molecule has 1 fully saturated rings. The number of nitro benzene ring substituents is 1. The Labute approximate surface area is 161 Å². The minimum atomic E-state index is -0.447. The van der Waals surface area contributed by atoms with Crippen molar-refractivity contribution in [2.24, 2.45) is 0 Å². The number of nitrogens with zero attached hydrogens (tertiary/aromatic N) is 2. The maximum absolute atomic E-state index is 12.8. The SMILES string of the molecule is Cc1ccc(C(=O)N2CCSC(c3ccccc3Cl)CC2)cc1[N+](=O)[O-]. The van der Waals surface area contributed by atoms with Crippen LogP contribution in [0.15, 0.2) is 42.5 Å². The van der Waals surface area contributed by atoms with E-state index < -0.39 is 4.92 Å². The molecule has 136 valence electrons. The number of carbonyl (C=O) groups excluding carboxylic acids is 1. The summed E-state index contributed by atoms with van der Waals surface area (Å²) in [4.78, 5) is 25.3. The molecule has 0 aliphatic carbocycles. The maximum Gasteiger partial charge on any atom is 0.273 e. The second-order valence-corrected chi connectivity index (χ2v) is 7.94. The Morgan fingerprint density at radius 2 is 2.04 bits per heavy atom. The van der Waals surface area contributed by atoms with E-state index in [0.717, 1.165) is 22.8 Å². The molecule has 1 atom stereocenters. The van der Waals surface area contributed by atoms with Gasteiger partial charge in [0.05, 0.1) is 4.92 Å². The number of amides is 1. The average Bonchev–Trinajstić information content (AvgIpc) is 2.88. The van der Waals surface area contributed by atoms with Crippen LogP contribution in [0.1, 0.15) is 33.2 Å². The van der Waals surface area contributed by atoms with Gasteiger partial charge in [0.25, 0.3) is 11.6 Å².